The normalized spacial score (nSPS) is 22.3. The summed E-state index contributed by atoms with van der Waals surface area (Å²) in [5.41, 5.74) is 2.01. The minimum absolute atomic E-state index is 0.0430. The molecule has 7 heteroatoms. The van der Waals surface area contributed by atoms with Gasteiger partial charge in [0.05, 0.1) is 0 Å². The maximum Gasteiger partial charge on any atom is 0.325 e. The lowest BCUT2D eigenvalue weighted by atomic mass is 9.91. The van der Waals surface area contributed by atoms with Gasteiger partial charge < -0.3 is 10.2 Å². The molecule has 1 spiro atoms. The van der Waals surface area contributed by atoms with Crippen molar-refractivity contribution in [3.8, 4) is 0 Å². The first-order chi connectivity index (χ1) is 15.9. The van der Waals surface area contributed by atoms with Crippen LogP contribution in [0.3, 0.4) is 0 Å². The molecule has 2 atom stereocenters. The van der Waals surface area contributed by atoms with E-state index in [4.69, 9.17) is 0 Å². The van der Waals surface area contributed by atoms with Crippen molar-refractivity contribution < 1.29 is 19.2 Å². The molecule has 5 rings (SSSR count). The van der Waals surface area contributed by atoms with Crippen LogP contribution in [-0.4, -0.2) is 46.5 Å². The molecular formula is C26H27N3O4. The molecule has 3 aliphatic rings. The summed E-state index contributed by atoms with van der Waals surface area (Å²) in [5, 5.41) is 2.86. The third-order valence-corrected chi connectivity index (χ3v) is 7.28. The van der Waals surface area contributed by atoms with Crippen molar-refractivity contribution in [2.24, 2.45) is 5.92 Å². The maximum atomic E-state index is 13.5. The average molecular weight is 446 g/mol. The van der Waals surface area contributed by atoms with Gasteiger partial charge in [0.15, 0.2) is 0 Å². The number of amides is 4. The molecule has 1 unspecified atom stereocenters. The van der Waals surface area contributed by atoms with Gasteiger partial charge in [-0.1, -0.05) is 42.5 Å². The summed E-state index contributed by atoms with van der Waals surface area (Å²) in [6.07, 6.45) is 3.96. The molecule has 1 saturated heterocycles. The number of hydrogen-bond donors (Lipinski definition) is 1. The quantitative estimate of drug-likeness (QED) is 0.524. The first-order valence-electron chi connectivity index (χ1n) is 11.5. The number of aldehydes is 1. The summed E-state index contributed by atoms with van der Waals surface area (Å²) in [6, 6.07) is 14.4. The molecule has 4 amide bonds. The zero-order chi connectivity index (χ0) is 23.2. The van der Waals surface area contributed by atoms with E-state index in [0.29, 0.717) is 36.4 Å². The minimum Gasteiger partial charge on any atom is -0.334 e. The Morgan fingerprint density at radius 1 is 1.21 bits per heavy atom. The molecule has 1 saturated carbocycles. The van der Waals surface area contributed by atoms with Crippen LogP contribution in [0.25, 0.3) is 0 Å². The van der Waals surface area contributed by atoms with Crippen LogP contribution < -0.4 is 5.32 Å². The number of hydrogen-bond acceptors (Lipinski definition) is 4. The van der Waals surface area contributed by atoms with Gasteiger partial charge in [-0.2, -0.15) is 0 Å². The van der Waals surface area contributed by atoms with Crippen LogP contribution in [-0.2, 0) is 28.1 Å². The monoisotopic (exact) mass is 445 g/mol. The summed E-state index contributed by atoms with van der Waals surface area (Å²) in [7, 11) is 0. The van der Waals surface area contributed by atoms with Crippen molar-refractivity contribution >= 4 is 24.1 Å². The molecule has 7 nitrogen and oxygen atoms in total. The zero-order valence-electron chi connectivity index (χ0n) is 18.6. The molecule has 2 aliphatic carbocycles. The first-order valence-corrected chi connectivity index (χ1v) is 11.5. The Balaban J connectivity index is 1.37. The topological polar surface area (TPSA) is 86.8 Å². The Hall–Kier alpha value is -3.48. The SMILES string of the molecule is C[C@@H](C1CC1)N(Cc1ccccc1)C(=O)CN1C(=O)NC2(CCc3cc(C=O)ccc32)C1=O. The Morgan fingerprint density at radius 3 is 2.67 bits per heavy atom. The van der Waals surface area contributed by atoms with Crippen molar-refractivity contribution in [2.75, 3.05) is 6.54 Å². The van der Waals surface area contributed by atoms with Gasteiger partial charge in [-0.05, 0) is 61.3 Å². The largest absolute Gasteiger partial charge is 0.334 e. The summed E-state index contributed by atoms with van der Waals surface area (Å²) < 4.78 is 0. The number of carbonyl (C=O) groups excluding carboxylic acids is 4. The second-order valence-corrected chi connectivity index (χ2v) is 9.35. The predicted octanol–water partition coefficient (Wildman–Crippen LogP) is 3.02. The zero-order valence-corrected chi connectivity index (χ0v) is 18.6. The number of nitrogens with one attached hydrogen (secondary N) is 1. The molecule has 1 N–H and O–H groups in total. The molecule has 2 aromatic rings. The third-order valence-electron chi connectivity index (χ3n) is 7.28. The fraction of sp³-hybridized carbons (Fsp3) is 0.385. The molecule has 2 aromatic carbocycles. The Labute approximate surface area is 192 Å². The van der Waals surface area contributed by atoms with E-state index in [2.05, 4.69) is 5.32 Å². The van der Waals surface area contributed by atoms with Gasteiger partial charge in [-0.25, -0.2) is 4.79 Å². The second kappa shape index (κ2) is 8.14. The van der Waals surface area contributed by atoms with Crippen LogP contribution in [0, 0.1) is 5.92 Å². The lowest BCUT2D eigenvalue weighted by Crippen LogP contribution is -2.47. The smallest absolute Gasteiger partial charge is 0.325 e. The highest BCUT2D eigenvalue weighted by Crippen LogP contribution is 2.42. The van der Waals surface area contributed by atoms with Crippen molar-refractivity contribution in [1.82, 2.24) is 15.1 Å². The van der Waals surface area contributed by atoms with Crippen molar-refractivity contribution in [1.29, 1.82) is 0 Å². The Kier molecular flexibility index (Phi) is 5.27. The molecule has 170 valence electrons. The van der Waals surface area contributed by atoms with E-state index in [1.165, 1.54) is 0 Å². The number of urea groups is 1. The summed E-state index contributed by atoms with van der Waals surface area (Å²) in [6.45, 7) is 2.21. The number of carbonyl (C=O) groups is 4. The molecule has 0 aromatic heterocycles. The molecule has 1 aliphatic heterocycles. The number of benzene rings is 2. The highest BCUT2D eigenvalue weighted by Gasteiger charge is 2.55. The van der Waals surface area contributed by atoms with E-state index in [9.17, 15) is 19.2 Å². The summed E-state index contributed by atoms with van der Waals surface area (Å²) >= 11 is 0. The van der Waals surface area contributed by atoms with Crippen LogP contribution in [0.15, 0.2) is 48.5 Å². The fourth-order valence-corrected chi connectivity index (χ4v) is 5.19. The molecular weight excluding hydrogens is 418 g/mol. The van der Waals surface area contributed by atoms with Crippen LogP contribution in [0.1, 0.15) is 53.2 Å². The van der Waals surface area contributed by atoms with Gasteiger partial charge in [-0.3, -0.25) is 19.3 Å². The van der Waals surface area contributed by atoms with Gasteiger partial charge >= 0.3 is 6.03 Å². The highest BCUT2D eigenvalue weighted by molar-refractivity contribution is 6.10. The van der Waals surface area contributed by atoms with Crippen molar-refractivity contribution in [3.05, 3.63) is 70.8 Å². The summed E-state index contributed by atoms with van der Waals surface area (Å²) in [5.74, 6) is -0.161. The molecule has 0 radical (unpaired) electrons. The Morgan fingerprint density at radius 2 is 1.97 bits per heavy atom. The number of nitrogens with zero attached hydrogens (tertiary/aromatic N) is 2. The number of imide groups is 1. The molecule has 2 fully saturated rings. The average Bonchev–Trinajstić information content (AvgIpc) is 3.58. The van der Waals surface area contributed by atoms with E-state index >= 15 is 0 Å². The highest BCUT2D eigenvalue weighted by atomic mass is 16.2. The lowest BCUT2D eigenvalue weighted by molar-refractivity contribution is -0.141. The van der Waals surface area contributed by atoms with E-state index in [1.807, 2.05) is 37.3 Å². The van der Waals surface area contributed by atoms with Gasteiger partial charge in [0.1, 0.15) is 18.4 Å². The third kappa shape index (κ3) is 3.71. The van der Waals surface area contributed by atoms with Crippen LogP contribution in [0.5, 0.6) is 0 Å². The molecule has 0 bridgehead atoms. The lowest BCUT2D eigenvalue weighted by Gasteiger charge is -2.31. The van der Waals surface area contributed by atoms with Crippen LogP contribution >= 0.6 is 0 Å². The van der Waals surface area contributed by atoms with E-state index in [-0.39, 0.29) is 18.5 Å². The standard InChI is InChI=1S/C26H27N3O4/c1-17(20-8-9-20)28(14-18-5-3-2-4-6-18)23(31)15-29-24(32)26(27-25(29)33)12-11-21-13-19(16-30)7-10-22(21)26/h2-7,10,13,16-17,20H,8-9,11-12,14-15H2,1H3,(H,27,33)/t17-,26?/m0/s1. The number of aryl methyl sites for hydroxylation is 1. The van der Waals surface area contributed by atoms with Gasteiger partial charge in [0.25, 0.3) is 5.91 Å². The van der Waals surface area contributed by atoms with Gasteiger partial charge in [-0.15, -0.1) is 0 Å². The number of fused-ring (bicyclic) bond motifs is 2. The van der Waals surface area contributed by atoms with Crippen LogP contribution in [0.4, 0.5) is 4.79 Å². The Bertz CT molecular complexity index is 1130. The molecule has 33 heavy (non-hydrogen) atoms. The number of rotatable bonds is 7. The van der Waals surface area contributed by atoms with E-state index in [1.54, 1.807) is 23.1 Å². The van der Waals surface area contributed by atoms with Crippen molar-refractivity contribution in [3.63, 3.8) is 0 Å². The van der Waals surface area contributed by atoms with Crippen LogP contribution in [0.2, 0.25) is 0 Å². The van der Waals surface area contributed by atoms with E-state index in [0.717, 1.165) is 35.2 Å². The predicted molar refractivity (Wildman–Crippen MR) is 121 cm³/mol. The molecule has 1 heterocycles. The van der Waals surface area contributed by atoms with Gasteiger partial charge in [0, 0.05) is 18.2 Å². The first kappa shape index (κ1) is 21.4. The van der Waals surface area contributed by atoms with Gasteiger partial charge in [0.2, 0.25) is 5.91 Å². The summed E-state index contributed by atoms with van der Waals surface area (Å²) in [4.78, 5) is 53.8. The fourth-order valence-electron chi connectivity index (χ4n) is 5.19. The maximum absolute atomic E-state index is 13.5. The van der Waals surface area contributed by atoms with E-state index < -0.39 is 17.5 Å². The minimum atomic E-state index is -1.15. The van der Waals surface area contributed by atoms with Crippen molar-refractivity contribution in [2.45, 2.75) is 50.7 Å². The second-order valence-electron chi connectivity index (χ2n) is 9.35.